The van der Waals surface area contributed by atoms with Crippen molar-refractivity contribution in [3.8, 4) is 17.2 Å². The lowest BCUT2D eigenvalue weighted by Gasteiger charge is -2.07. The topological polar surface area (TPSA) is 85.2 Å². The Kier molecular flexibility index (Phi) is 8.06. The maximum Gasteiger partial charge on any atom is 0.182 e. The third-order valence-corrected chi connectivity index (χ3v) is 4.06. The molecule has 0 aliphatic carbocycles. The molecule has 0 spiro atoms. The molecule has 6 nitrogen and oxygen atoms in total. The highest BCUT2D eigenvalue weighted by Gasteiger charge is 2.04. The van der Waals surface area contributed by atoms with E-state index in [1.54, 1.807) is 55.7 Å². The summed E-state index contributed by atoms with van der Waals surface area (Å²) in [6.45, 7) is -0.161. The van der Waals surface area contributed by atoms with Gasteiger partial charge in [0.25, 0.3) is 0 Å². The maximum absolute atomic E-state index is 12.0. The summed E-state index contributed by atoms with van der Waals surface area (Å²) in [5.41, 5.74) is 2.14. The first-order chi connectivity index (χ1) is 14.0. The van der Waals surface area contributed by atoms with E-state index in [1.165, 1.54) is 26.4 Å². The third kappa shape index (κ3) is 6.26. The van der Waals surface area contributed by atoms with E-state index in [-0.39, 0.29) is 18.1 Å². The smallest absolute Gasteiger partial charge is 0.182 e. The Balaban J connectivity index is 2.06. The molecule has 6 heteroatoms. The number of hydrogen-bond donors (Lipinski definition) is 2. The number of rotatable bonds is 9. The summed E-state index contributed by atoms with van der Waals surface area (Å²) in [4.78, 5) is 12.0. The number of allylic oxidation sites excluding steroid dienone is 3. The van der Waals surface area contributed by atoms with Crippen LogP contribution in [-0.4, -0.2) is 37.3 Å². The molecule has 2 rings (SSSR count). The summed E-state index contributed by atoms with van der Waals surface area (Å²) < 4.78 is 15.5. The van der Waals surface area contributed by atoms with Gasteiger partial charge in [0.2, 0.25) is 0 Å². The number of hydrogen-bond acceptors (Lipinski definition) is 6. The molecule has 0 bridgehead atoms. The minimum absolute atomic E-state index is 0.161. The average Bonchev–Trinajstić information content (AvgIpc) is 2.75. The van der Waals surface area contributed by atoms with E-state index < -0.39 is 0 Å². The molecule has 0 fully saturated rings. The van der Waals surface area contributed by atoms with Crippen molar-refractivity contribution >= 4 is 17.9 Å². The van der Waals surface area contributed by atoms with Crippen LogP contribution in [0, 0.1) is 0 Å². The maximum atomic E-state index is 12.0. The highest BCUT2D eigenvalue weighted by atomic mass is 16.5. The van der Waals surface area contributed by atoms with Crippen LogP contribution in [0.25, 0.3) is 12.2 Å². The lowest BCUT2D eigenvalue weighted by atomic mass is 10.1. The molecular formula is C23H24O6. The standard InChI is InChI=1S/C23H24O6/c1-27-21-10-6-16(12-18(21)15-24)4-8-19(25)14-20(26)9-5-17-7-11-22(28-2)23(13-17)29-3/h4-14,24-25H,15H2,1-3H3/b8-4+,9-5+,19-14-. The van der Waals surface area contributed by atoms with E-state index >= 15 is 0 Å². The second-order valence-electron chi connectivity index (χ2n) is 5.98. The number of aliphatic hydroxyl groups excluding tert-OH is 2. The number of carbonyl (C=O) groups excluding carboxylic acids is 1. The van der Waals surface area contributed by atoms with Gasteiger partial charge in [0.15, 0.2) is 17.3 Å². The van der Waals surface area contributed by atoms with Crippen molar-refractivity contribution in [2.75, 3.05) is 21.3 Å². The van der Waals surface area contributed by atoms with Crippen molar-refractivity contribution in [1.82, 2.24) is 0 Å². The Morgan fingerprint density at radius 3 is 2.07 bits per heavy atom. The molecular weight excluding hydrogens is 372 g/mol. The van der Waals surface area contributed by atoms with Gasteiger partial charge in [0.05, 0.1) is 27.9 Å². The Bertz CT molecular complexity index is 940. The van der Waals surface area contributed by atoms with E-state index in [4.69, 9.17) is 14.2 Å². The van der Waals surface area contributed by atoms with Crippen LogP contribution >= 0.6 is 0 Å². The zero-order valence-electron chi connectivity index (χ0n) is 16.6. The average molecular weight is 396 g/mol. The molecule has 29 heavy (non-hydrogen) atoms. The molecule has 2 N–H and O–H groups in total. The molecule has 0 aliphatic rings. The van der Waals surface area contributed by atoms with Crippen LogP contribution in [0.5, 0.6) is 17.2 Å². The lowest BCUT2D eigenvalue weighted by Crippen LogP contribution is -1.92. The first-order valence-electron chi connectivity index (χ1n) is 8.81. The zero-order valence-corrected chi connectivity index (χ0v) is 16.6. The predicted octanol–water partition coefficient (Wildman–Crippen LogP) is 3.94. The normalized spacial score (nSPS) is 11.8. The highest BCUT2D eigenvalue weighted by molar-refractivity contribution is 6.02. The quantitative estimate of drug-likeness (QED) is 0.379. The monoisotopic (exact) mass is 396 g/mol. The van der Waals surface area contributed by atoms with E-state index in [9.17, 15) is 15.0 Å². The van der Waals surface area contributed by atoms with Crippen LogP contribution in [0.15, 0.2) is 60.4 Å². The van der Waals surface area contributed by atoms with Crippen LogP contribution in [-0.2, 0) is 11.4 Å². The van der Waals surface area contributed by atoms with Crippen molar-refractivity contribution in [3.63, 3.8) is 0 Å². The van der Waals surface area contributed by atoms with Gasteiger partial charge >= 0.3 is 0 Å². The molecule has 0 radical (unpaired) electrons. The molecule has 0 atom stereocenters. The SMILES string of the molecule is COc1ccc(/C=C/C(O)=C/C(=O)/C=C/c2ccc(OC)c(OC)c2)cc1CO. The Morgan fingerprint density at radius 1 is 0.862 bits per heavy atom. The van der Waals surface area contributed by atoms with Gasteiger partial charge in [-0.25, -0.2) is 0 Å². The molecule has 0 unspecified atom stereocenters. The number of ketones is 1. The van der Waals surface area contributed by atoms with E-state index in [1.807, 2.05) is 0 Å². The molecule has 0 saturated carbocycles. The summed E-state index contributed by atoms with van der Waals surface area (Å²) in [7, 11) is 4.62. The summed E-state index contributed by atoms with van der Waals surface area (Å²) in [6.07, 6.45) is 7.13. The minimum Gasteiger partial charge on any atom is -0.508 e. The first kappa shape index (κ1) is 21.8. The van der Waals surface area contributed by atoms with Crippen LogP contribution in [0.3, 0.4) is 0 Å². The molecule has 2 aromatic rings. The predicted molar refractivity (Wildman–Crippen MR) is 112 cm³/mol. The van der Waals surface area contributed by atoms with Gasteiger partial charge < -0.3 is 24.4 Å². The summed E-state index contributed by atoms with van der Waals surface area (Å²) in [6, 6.07) is 10.5. The number of ether oxygens (including phenoxy) is 3. The third-order valence-electron chi connectivity index (χ3n) is 4.06. The number of aliphatic hydroxyl groups is 2. The van der Waals surface area contributed by atoms with Crippen LogP contribution in [0.2, 0.25) is 0 Å². The summed E-state index contributed by atoms with van der Waals surface area (Å²) in [5, 5.41) is 19.3. The molecule has 0 amide bonds. The zero-order chi connectivity index (χ0) is 21.2. The second kappa shape index (κ2) is 10.7. The van der Waals surface area contributed by atoms with Gasteiger partial charge in [0, 0.05) is 11.6 Å². The van der Waals surface area contributed by atoms with Crippen LogP contribution in [0.1, 0.15) is 16.7 Å². The molecule has 2 aromatic carbocycles. The van der Waals surface area contributed by atoms with Crippen LogP contribution in [0.4, 0.5) is 0 Å². The van der Waals surface area contributed by atoms with Crippen molar-refractivity contribution in [3.05, 3.63) is 77.1 Å². The minimum atomic E-state index is -0.368. The van der Waals surface area contributed by atoms with Crippen molar-refractivity contribution in [2.45, 2.75) is 6.61 Å². The second-order valence-corrected chi connectivity index (χ2v) is 5.98. The van der Waals surface area contributed by atoms with Crippen molar-refractivity contribution < 1.29 is 29.2 Å². The van der Waals surface area contributed by atoms with E-state index in [2.05, 4.69) is 0 Å². The molecule has 0 heterocycles. The number of carbonyl (C=O) groups is 1. The van der Waals surface area contributed by atoms with Crippen molar-refractivity contribution in [1.29, 1.82) is 0 Å². The van der Waals surface area contributed by atoms with Gasteiger partial charge in [-0.1, -0.05) is 24.3 Å². The largest absolute Gasteiger partial charge is 0.508 e. The Labute approximate surface area is 170 Å². The van der Waals surface area contributed by atoms with Gasteiger partial charge in [-0.3, -0.25) is 4.79 Å². The molecule has 0 saturated heterocycles. The summed E-state index contributed by atoms with van der Waals surface area (Å²) >= 11 is 0. The summed E-state index contributed by atoms with van der Waals surface area (Å²) in [5.74, 6) is 1.19. The fraction of sp³-hybridized carbons (Fsp3) is 0.174. The van der Waals surface area contributed by atoms with Gasteiger partial charge in [-0.15, -0.1) is 0 Å². The van der Waals surface area contributed by atoms with Crippen LogP contribution < -0.4 is 14.2 Å². The van der Waals surface area contributed by atoms with Gasteiger partial charge in [-0.2, -0.15) is 0 Å². The molecule has 0 aromatic heterocycles. The molecule has 0 aliphatic heterocycles. The lowest BCUT2D eigenvalue weighted by molar-refractivity contribution is -0.110. The highest BCUT2D eigenvalue weighted by Crippen LogP contribution is 2.28. The van der Waals surface area contributed by atoms with Gasteiger partial charge in [-0.05, 0) is 47.5 Å². The first-order valence-corrected chi connectivity index (χ1v) is 8.81. The number of methoxy groups -OCH3 is 3. The number of benzene rings is 2. The Hall–Kier alpha value is -3.51. The van der Waals surface area contributed by atoms with Gasteiger partial charge in [0.1, 0.15) is 11.5 Å². The fourth-order valence-electron chi connectivity index (χ4n) is 2.58. The van der Waals surface area contributed by atoms with E-state index in [0.717, 1.165) is 17.2 Å². The molecule has 152 valence electrons. The fourth-order valence-corrected chi connectivity index (χ4v) is 2.58. The van der Waals surface area contributed by atoms with Crippen molar-refractivity contribution in [2.24, 2.45) is 0 Å². The Morgan fingerprint density at radius 2 is 1.45 bits per heavy atom. The van der Waals surface area contributed by atoms with E-state index in [0.29, 0.717) is 22.8 Å².